The van der Waals surface area contributed by atoms with Gasteiger partial charge in [-0.25, -0.2) is 9.37 Å². The van der Waals surface area contributed by atoms with Crippen molar-refractivity contribution >= 4 is 17.5 Å². The first kappa shape index (κ1) is 17.9. The lowest BCUT2D eigenvalue weighted by Crippen LogP contribution is -2.55. The summed E-state index contributed by atoms with van der Waals surface area (Å²) in [5.41, 5.74) is 0.470. The average Bonchev–Trinajstić information content (AvgIpc) is 3.25. The minimum Gasteiger partial charge on any atom is -0.493 e. The number of anilines is 3. The van der Waals surface area contributed by atoms with Gasteiger partial charge in [0.25, 0.3) is 0 Å². The predicted octanol–water partition coefficient (Wildman–Crippen LogP) is 3.56. The summed E-state index contributed by atoms with van der Waals surface area (Å²) < 4.78 is 54.5. The fourth-order valence-corrected chi connectivity index (χ4v) is 4.88. The molecule has 0 unspecified atom stereocenters. The summed E-state index contributed by atoms with van der Waals surface area (Å²) in [6, 6.07) is 4.89. The summed E-state index contributed by atoms with van der Waals surface area (Å²) in [5, 5.41) is 15.6. The topological polar surface area (TPSA) is 91.8 Å². The van der Waals surface area contributed by atoms with Crippen LogP contribution in [0.1, 0.15) is 45.0 Å². The molecule has 2 aromatic rings. The van der Waals surface area contributed by atoms with Gasteiger partial charge in [-0.3, -0.25) is 4.90 Å². The van der Waals surface area contributed by atoms with Gasteiger partial charge in [0.2, 0.25) is 5.95 Å². The number of nitrogens with one attached hydrogen (secondary N) is 2. The molecule has 0 bridgehead atoms. The molecule has 0 radical (unpaired) electrons. The summed E-state index contributed by atoms with van der Waals surface area (Å²) in [4.78, 5) is 10.9. The van der Waals surface area contributed by atoms with Gasteiger partial charge in [0.1, 0.15) is 6.56 Å². The van der Waals surface area contributed by atoms with Crippen LogP contribution in [0.4, 0.5) is 21.8 Å². The number of hydrogen-bond donors (Lipinski definition) is 3. The lowest BCUT2D eigenvalue weighted by atomic mass is 9.84. The van der Waals surface area contributed by atoms with E-state index in [1.165, 1.54) is 31.7 Å². The third-order valence-corrected chi connectivity index (χ3v) is 6.17. The SMILES string of the molecule is [2H]C([2H])(O)C([2H])([2H])Oc1ccc(Nc2ncc(F)c(N[C@@H]3C[C@@H]4CCCN4C(C)(C)C3)n2)cc1OC. The molecular formula is C23H32FN5O3. The maximum absolute atomic E-state index is 14.6. The molecular weight excluding hydrogens is 413 g/mol. The zero-order valence-corrected chi connectivity index (χ0v) is 18.5. The van der Waals surface area contributed by atoms with Gasteiger partial charge in [0.15, 0.2) is 23.1 Å². The fourth-order valence-electron chi connectivity index (χ4n) is 4.88. The second-order valence-corrected chi connectivity index (χ2v) is 8.78. The lowest BCUT2D eigenvalue weighted by Gasteiger charge is -2.47. The highest BCUT2D eigenvalue weighted by Crippen LogP contribution is 2.38. The third kappa shape index (κ3) is 4.88. The standard InChI is InChI=1S/C23H32FN5O3/c1-23(2)13-16(11-17-5-4-8-29(17)23)26-21-18(24)14-25-22(28-21)27-15-6-7-19(32-10-9-30)20(12-15)31-3/h6-7,12,14,16-17,30H,4-5,8-11,13H2,1-3H3,(H2,25,26,27,28)/t16-,17+/m1/s1/i9D2,10D2. The summed E-state index contributed by atoms with van der Waals surface area (Å²) >= 11 is 0. The maximum atomic E-state index is 14.6. The largest absolute Gasteiger partial charge is 0.493 e. The van der Waals surface area contributed by atoms with Crippen LogP contribution in [0.3, 0.4) is 0 Å². The molecule has 8 nitrogen and oxygen atoms in total. The van der Waals surface area contributed by atoms with Crippen molar-refractivity contribution in [3.05, 3.63) is 30.2 Å². The van der Waals surface area contributed by atoms with Crippen LogP contribution in [0.5, 0.6) is 11.5 Å². The van der Waals surface area contributed by atoms with Gasteiger partial charge in [-0.15, -0.1) is 0 Å². The molecule has 32 heavy (non-hydrogen) atoms. The molecule has 3 heterocycles. The van der Waals surface area contributed by atoms with E-state index in [-0.39, 0.29) is 34.8 Å². The Morgan fingerprint density at radius 2 is 2.22 bits per heavy atom. The van der Waals surface area contributed by atoms with Crippen molar-refractivity contribution in [3.63, 3.8) is 0 Å². The Morgan fingerprint density at radius 1 is 1.38 bits per heavy atom. The smallest absolute Gasteiger partial charge is 0.229 e. The Balaban J connectivity index is 1.49. The van der Waals surface area contributed by atoms with Crippen molar-refractivity contribution in [1.29, 1.82) is 0 Å². The summed E-state index contributed by atoms with van der Waals surface area (Å²) in [6.45, 7) is -0.694. The monoisotopic (exact) mass is 449 g/mol. The van der Waals surface area contributed by atoms with Crippen molar-refractivity contribution in [3.8, 4) is 11.5 Å². The molecule has 0 amide bonds. The van der Waals surface area contributed by atoms with E-state index in [0.717, 1.165) is 32.0 Å². The molecule has 174 valence electrons. The highest BCUT2D eigenvalue weighted by molar-refractivity contribution is 5.60. The molecule has 2 atom stereocenters. The summed E-state index contributed by atoms with van der Waals surface area (Å²) in [7, 11) is 1.34. The number of aromatic nitrogens is 2. The number of halogens is 1. The zero-order valence-electron chi connectivity index (χ0n) is 22.5. The summed E-state index contributed by atoms with van der Waals surface area (Å²) in [5.74, 6) is -0.318. The number of rotatable bonds is 8. The molecule has 4 rings (SSSR count). The minimum atomic E-state index is -3.23. The number of ether oxygens (including phenoxy) is 2. The van der Waals surface area contributed by atoms with Crippen molar-refractivity contribution in [2.45, 2.75) is 57.2 Å². The fraction of sp³-hybridized carbons (Fsp3) is 0.565. The van der Waals surface area contributed by atoms with E-state index in [9.17, 15) is 9.50 Å². The highest BCUT2D eigenvalue weighted by atomic mass is 19.1. The van der Waals surface area contributed by atoms with E-state index in [1.54, 1.807) is 0 Å². The van der Waals surface area contributed by atoms with Gasteiger partial charge in [0.05, 0.1) is 25.3 Å². The van der Waals surface area contributed by atoms with E-state index in [1.807, 2.05) is 0 Å². The van der Waals surface area contributed by atoms with Gasteiger partial charge in [-0.2, -0.15) is 4.98 Å². The van der Waals surface area contributed by atoms with Crippen molar-refractivity contribution in [2.75, 3.05) is 37.4 Å². The Hall–Kier alpha value is -2.65. The van der Waals surface area contributed by atoms with E-state index in [2.05, 4.69) is 39.3 Å². The Kier molecular flexibility index (Phi) is 5.28. The normalized spacial score (nSPS) is 25.0. The Morgan fingerprint density at radius 3 is 3.00 bits per heavy atom. The third-order valence-electron chi connectivity index (χ3n) is 6.17. The molecule has 0 aliphatic carbocycles. The van der Waals surface area contributed by atoms with Gasteiger partial charge >= 0.3 is 0 Å². The van der Waals surface area contributed by atoms with Gasteiger partial charge in [-0.05, 0) is 58.2 Å². The number of piperidine rings is 1. The Bertz CT molecular complexity index is 1100. The lowest BCUT2D eigenvalue weighted by molar-refractivity contribution is 0.0500. The minimum absolute atomic E-state index is 0.0212. The second kappa shape index (κ2) is 9.46. The number of fused-ring (bicyclic) bond motifs is 1. The molecule has 1 aromatic carbocycles. The average molecular weight is 450 g/mol. The van der Waals surface area contributed by atoms with Crippen LogP contribution in [0.15, 0.2) is 24.4 Å². The second-order valence-electron chi connectivity index (χ2n) is 8.78. The van der Waals surface area contributed by atoms with Gasteiger partial charge in [-0.1, -0.05) is 0 Å². The quantitative estimate of drug-likeness (QED) is 0.564. The first-order valence-corrected chi connectivity index (χ1v) is 10.7. The molecule has 9 heteroatoms. The van der Waals surface area contributed by atoms with Gasteiger partial charge < -0.3 is 25.2 Å². The van der Waals surface area contributed by atoms with Crippen molar-refractivity contribution in [2.24, 2.45) is 0 Å². The van der Waals surface area contributed by atoms with Crippen LogP contribution in [0, 0.1) is 5.82 Å². The van der Waals surface area contributed by atoms with E-state index < -0.39 is 18.9 Å². The number of benzene rings is 1. The molecule has 2 aliphatic rings. The number of hydrogen-bond acceptors (Lipinski definition) is 8. The number of aliphatic hydroxyl groups is 1. The molecule has 0 spiro atoms. The summed E-state index contributed by atoms with van der Waals surface area (Å²) in [6.07, 6.45) is 5.22. The number of methoxy groups -OCH3 is 1. The Labute approximate surface area is 193 Å². The van der Waals surface area contributed by atoms with E-state index in [0.29, 0.717) is 11.7 Å². The van der Waals surface area contributed by atoms with Crippen LogP contribution in [0.2, 0.25) is 0 Å². The highest BCUT2D eigenvalue weighted by Gasteiger charge is 2.43. The molecule has 0 saturated carbocycles. The van der Waals surface area contributed by atoms with E-state index >= 15 is 0 Å². The molecule has 2 aliphatic heterocycles. The molecule has 2 fully saturated rings. The van der Waals surface area contributed by atoms with Crippen LogP contribution >= 0.6 is 0 Å². The molecule has 1 aromatic heterocycles. The molecule has 2 saturated heterocycles. The number of nitrogens with zero attached hydrogens (tertiary/aromatic N) is 3. The first-order chi connectivity index (χ1) is 16.8. The van der Waals surface area contributed by atoms with Crippen LogP contribution in [-0.2, 0) is 0 Å². The van der Waals surface area contributed by atoms with Crippen molar-refractivity contribution < 1.29 is 24.5 Å². The predicted molar refractivity (Wildman–Crippen MR) is 121 cm³/mol. The first-order valence-electron chi connectivity index (χ1n) is 12.7. The van der Waals surface area contributed by atoms with Crippen LogP contribution < -0.4 is 20.1 Å². The van der Waals surface area contributed by atoms with Crippen LogP contribution in [-0.4, -0.2) is 64.4 Å². The van der Waals surface area contributed by atoms with Crippen molar-refractivity contribution in [1.82, 2.24) is 14.9 Å². The van der Waals surface area contributed by atoms with Gasteiger partial charge in [0, 0.05) is 29.4 Å². The molecule has 3 N–H and O–H groups in total. The maximum Gasteiger partial charge on any atom is 0.229 e. The van der Waals surface area contributed by atoms with Crippen LogP contribution in [0.25, 0.3) is 0 Å². The van der Waals surface area contributed by atoms with E-state index in [4.69, 9.17) is 15.0 Å². The zero-order chi connectivity index (χ0) is 26.3.